The smallest absolute Gasteiger partial charge is 0.101 e. The van der Waals surface area contributed by atoms with E-state index in [9.17, 15) is 10.5 Å². The monoisotopic (exact) mass is 666 g/mol. The summed E-state index contributed by atoms with van der Waals surface area (Å²) in [5, 5.41) is 21.0. The average molecular weight is 667 g/mol. The van der Waals surface area contributed by atoms with Gasteiger partial charge in [-0.25, -0.2) is 0 Å². The minimum absolute atomic E-state index is 0.542. The van der Waals surface area contributed by atoms with Crippen LogP contribution in [0.15, 0.2) is 158 Å². The van der Waals surface area contributed by atoms with Gasteiger partial charge in [0, 0.05) is 34.1 Å². The molecule has 0 aromatic heterocycles. The number of para-hydroxylation sites is 4. The van der Waals surface area contributed by atoms with Crippen LogP contribution in [0.25, 0.3) is 22.3 Å². The number of nitriles is 2. The standard InChI is InChI=1S/C48H34N4/c49-31-45-43-25-21-33-29-39(51(35-13-5-1-6-14-35)36-15-7-2-8-16-36)23-27-41(33)47(43)48-42-28-24-40(30-34(42)22-26-44(48)46(45)32-50)52(37-17-9-3-10-18-37)38-19-11-4-12-20-38/h1-20,23-24,27-30H,21-22,25-26H2. The Morgan fingerprint density at radius 1 is 0.365 bits per heavy atom. The van der Waals surface area contributed by atoms with Gasteiger partial charge >= 0.3 is 0 Å². The van der Waals surface area contributed by atoms with Crippen LogP contribution < -0.4 is 9.80 Å². The molecule has 0 aliphatic heterocycles. The molecule has 7 aromatic carbocycles. The summed E-state index contributed by atoms with van der Waals surface area (Å²) >= 11 is 0. The maximum atomic E-state index is 10.5. The second-order valence-electron chi connectivity index (χ2n) is 13.4. The zero-order valence-corrected chi connectivity index (χ0v) is 28.6. The molecule has 2 aliphatic rings. The second kappa shape index (κ2) is 13.1. The fraction of sp³-hybridized carbons (Fsp3) is 0.0833. The number of hydrogen-bond donors (Lipinski definition) is 0. The van der Waals surface area contributed by atoms with Crippen LogP contribution in [0.1, 0.15) is 33.4 Å². The average Bonchev–Trinajstić information content (AvgIpc) is 3.21. The Balaban J connectivity index is 1.22. The molecule has 52 heavy (non-hydrogen) atoms. The molecule has 9 rings (SSSR count). The molecule has 246 valence electrons. The van der Waals surface area contributed by atoms with Crippen molar-refractivity contribution in [3.63, 3.8) is 0 Å². The van der Waals surface area contributed by atoms with Crippen molar-refractivity contribution in [1.82, 2.24) is 0 Å². The van der Waals surface area contributed by atoms with Crippen molar-refractivity contribution < 1.29 is 0 Å². The number of fused-ring (bicyclic) bond motifs is 7. The van der Waals surface area contributed by atoms with E-state index in [0.717, 1.165) is 80.3 Å². The highest BCUT2D eigenvalue weighted by molar-refractivity contribution is 5.96. The summed E-state index contributed by atoms with van der Waals surface area (Å²) in [6.07, 6.45) is 2.99. The van der Waals surface area contributed by atoms with Crippen LogP contribution in [0.2, 0.25) is 0 Å². The summed E-state index contributed by atoms with van der Waals surface area (Å²) < 4.78 is 0. The molecule has 0 bridgehead atoms. The first kappa shape index (κ1) is 31.1. The highest BCUT2D eigenvalue weighted by Gasteiger charge is 2.32. The van der Waals surface area contributed by atoms with Gasteiger partial charge in [-0.2, -0.15) is 10.5 Å². The zero-order chi connectivity index (χ0) is 35.0. The first-order valence-corrected chi connectivity index (χ1v) is 17.8. The first-order chi connectivity index (χ1) is 25.7. The predicted octanol–water partition coefficient (Wildman–Crippen LogP) is 11.9. The van der Waals surface area contributed by atoms with Crippen LogP contribution >= 0.6 is 0 Å². The number of anilines is 6. The molecular formula is C48H34N4. The van der Waals surface area contributed by atoms with Gasteiger partial charge in [0.2, 0.25) is 0 Å². The van der Waals surface area contributed by atoms with Crippen molar-refractivity contribution in [2.24, 2.45) is 0 Å². The highest BCUT2D eigenvalue weighted by atomic mass is 15.1. The van der Waals surface area contributed by atoms with E-state index >= 15 is 0 Å². The van der Waals surface area contributed by atoms with Crippen LogP contribution in [0.3, 0.4) is 0 Å². The lowest BCUT2D eigenvalue weighted by molar-refractivity contribution is 0.907. The molecule has 0 unspecified atom stereocenters. The Labute approximate surface area is 304 Å². The molecule has 0 atom stereocenters. The van der Waals surface area contributed by atoms with Gasteiger partial charge < -0.3 is 9.80 Å². The SMILES string of the molecule is N#Cc1c(C#N)c2c(c3c1CCc1cc(N(c4ccccc4)c4ccccc4)ccc1-3)-c1ccc(N(c3ccccc3)c3ccccc3)cc1CC2. The predicted molar refractivity (Wildman–Crippen MR) is 211 cm³/mol. The van der Waals surface area contributed by atoms with Gasteiger partial charge in [0.05, 0.1) is 11.1 Å². The van der Waals surface area contributed by atoms with E-state index in [1.54, 1.807) is 0 Å². The number of rotatable bonds is 6. The minimum Gasteiger partial charge on any atom is -0.310 e. The molecule has 0 radical (unpaired) electrons. The summed E-state index contributed by atoms with van der Waals surface area (Å²) in [6.45, 7) is 0. The molecule has 0 saturated heterocycles. The minimum atomic E-state index is 0.542. The van der Waals surface area contributed by atoms with Gasteiger partial charge in [-0.3, -0.25) is 0 Å². The van der Waals surface area contributed by atoms with Gasteiger partial charge in [-0.05, 0) is 143 Å². The lowest BCUT2D eigenvalue weighted by atomic mass is 9.72. The lowest BCUT2D eigenvalue weighted by Crippen LogP contribution is -2.17. The largest absolute Gasteiger partial charge is 0.310 e. The van der Waals surface area contributed by atoms with Gasteiger partial charge in [-0.15, -0.1) is 0 Å². The molecule has 0 saturated carbocycles. The maximum absolute atomic E-state index is 10.5. The molecule has 4 heteroatoms. The van der Waals surface area contributed by atoms with Crippen LogP contribution in [0.5, 0.6) is 0 Å². The Hall–Kier alpha value is -6.88. The Bertz CT molecular complexity index is 2270. The quantitative estimate of drug-likeness (QED) is 0.177. The zero-order valence-electron chi connectivity index (χ0n) is 28.6. The Kier molecular flexibility index (Phi) is 7.84. The van der Waals surface area contributed by atoms with Crippen molar-refractivity contribution >= 4 is 34.1 Å². The van der Waals surface area contributed by atoms with E-state index in [2.05, 4.69) is 155 Å². The van der Waals surface area contributed by atoms with Crippen LogP contribution in [-0.4, -0.2) is 0 Å². The van der Waals surface area contributed by atoms with E-state index in [-0.39, 0.29) is 0 Å². The highest BCUT2D eigenvalue weighted by Crippen LogP contribution is 2.50. The maximum Gasteiger partial charge on any atom is 0.101 e. The summed E-state index contributed by atoms with van der Waals surface area (Å²) in [7, 11) is 0. The summed E-state index contributed by atoms with van der Waals surface area (Å²) in [5.74, 6) is 0. The van der Waals surface area contributed by atoms with Crippen LogP contribution in [-0.2, 0) is 25.7 Å². The van der Waals surface area contributed by atoms with Crippen molar-refractivity contribution in [1.29, 1.82) is 10.5 Å². The topological polar surface area (TPSA) is 54.1 Å². The van der Waals surface area contributed by atoms with E-state index in [0.29, 0.717) is 24.0 Å². The summed E-state index contributed by atoms with van der Waals surface area (Å²) in [6, 6.07) is 60.4. The molecule has 4 nitrogen and oxygen atoms in total. The van der Waals surface area contributed by atoms with Gasteiger partial charge in [0.1, 0.15) is 12.1 Å². The van der Waals surface area contributed by atoms with Gasteiger partial charge in [-0.1, -0.05) is 84.9 Å². The van der Waals surface area contributed by atoms with Crippen LogP contribution in [0.4, 0.5) is 34.1 Å². The van der Waals surface area contributed by atoms with E-state index in [4.69, 9.17) is 0 Å². The molecule has 0 fully saturated rings. The molecule has 2 aliphatic carbocycles. The molecule has 0 amide bonds. The Morgan fingerprint density at radius 2 is 0.692 bits per heavy atom. The third kappa shape index (κ3) is 5.21. The molecule has 7 aromatic rings. The number of nitrogens with zero attached hydrogens (tertiary/aromatic N) is 4. The van der Waals surface area contributed by atoms with Gasteiger partial charge in [0.15, 0.2) is 0 Å². The molecule has 0 heterocycles. The van der Waals surface area contributed by atoms with E-state index in [1.165, 1.54) is 11.1 Å². The Morgan fingerprint density at radius 3 is 1.00 bits per heavy atom. The third-order valence-electron chi connectivity index (χ3n) is 10.5. The lowest BCUT2D eigenvalue weighted by Gasteiger charge is -2.33. The normalized spacial score (nSPS) is 12.3. The summed E-state index contributed by atoms with van der Waals surface area (Å²) in [4.78, 5) is 4.60. The molecule has 0 N–H and O–H groups in total. The number of aryl methyl sites for hydroxylation is 2. The molecular weight excluding hydrogens is 633 g/mol. The first-order valence-electron chi connectivity index (χ1n) is 17.8. The second-order valence-corrected chi connectivity index (χ2v) is 13.4. The molecule has 0 spiro atoms. The fourth-order valence-electron chi connectivity index (χ4n) is 8.26. The van der Waals surface area contributed by atoms with Crippen molar-refractivity contribution in [2.75, 3.05) is 9.80 Å². The van der Waals surface area contributed by atoms with E-state index < -0.39 is 0 Å². The van der Waals surface area contributed by atoms with Crippen molar-refractivity contribution in [3.8, 4) is 34.4 Å². The van der Waals surface area contributed by atoms with Gasteiger partial charge in [0.25, 0.3) is 0 Å². The van der Waals surface area contributed by atoms with Crippen molar-refractivity contribution in [2.45, 2.75) is 25.7 Å². The van der Waals surface area contributed by atoms with Crippen LogP contribution in [0, 0.1) is 22.7 Å². The number of benzene rings is 7. The van der Waals surface area contributed by atoms with E-state index in [1.807, 2.05) is 24.3 Å². The van der Waals surface area contributed by atoms with Crippen molar-refractivity contribution in [3.05, 3.63) is 191 Å². The fourth-order valence-corrected chi connectivity index (χ4v) is 8.26. The third-order valence-corrected chi connectivity index (χ3v) is 10.5. The summed E-state index contributed by atoms with van der Waals surface area (Å²) in [5.41, 5.74) is 16.7. The number of hydrogen-bond acceptors (Lipinski definition) is 4.